The molecule has 4 atom stereocenters. The summed E-state index contributed by atoms with van der Waals surface area (Å²) in [5.41, 5.74) is -2.13. The molecule has 0 aliphatic carbocycles. The van der Waals surface area contributed by atoms with E-state index in [9.17, 15) is 38.4 Å². The quantitative estimate of drug-likeness (QED) is 0.128. The number of rotatable bonds is 20. The van der Waals surface area contributed by atoms with Crippen molar-refractivity contribution in [1.82, 2.24) is 19.6 Å². The largest absolute Gasteiger partial charge is 0.464 e. The molecule has 0 aromatic rings. The lowest BCUT2D eigenvalue weighted by molar-refractivity contribution is -0.176. The first-order valence-corrected chi connectivity index (χ1v) is 21.9. The van der Waals surface area contributed by atoms with Crippen LogP contribution in [0.4, 0.5) is 0 Å². The Balaban J connectivity index is 0.00000193. The van der Waals surface area contributed by atoms with Crippen LogP contribution < -0.4 is 0 Å². The Hall–Kier alpha value is -4.24. The second-order valence-corrected chi connectivity index (χ2v) is 19.8. The van der Waals surface area contributed by atoms with Gasteiger partial charge >= 0.3 is 23.9 Å². The number of likely N-dealkylation sites (tertiary alicyclic amines) is 4. The van der Waals surface area contributed by atoms with Gasteiger partial charge in [-0.1, -0.05) is 55.4 Å². The molecule has 16 nitrogen and oxygen atoms in total. The van der Waals surface area contributed by atoms with Crippen molar-refractivity contribution in [2.45, 2.75) is 81.1 Å². The number of amides is 4. The Morgan fingerprint density at radius 1 is 0.452 bits per heavy atom. The molecular formula is C46H72N4O12. The van der Waals surface area contributed by atoms with Crippen molar-refractivity contribution in [2.24, 2.45) is 58.2 Å². The van der Waals surface area contributed by atoms with Gasteiger partial charge in [-0.25, -0.2) is 0 Å². The number of esters is 4. The molecule has 4 saturated heterocycles. The summed E-state index contributed by atoms with van der Waals surface area (Å²) in [6, 6.07) is 0. The molecule has 16 heteroatoms. The highest BCUT2D eigenvalue weighted by molar-refractivity contribution is 5.89. The number of hydrogen-bond acceptors (Lipinski definition) is 12. The van der Waals surface area contributed by atoms with Gasteiger partial charge in [0.1, 0.15) is 31.8 Å². The van der Waals surface area contributed by atoms with Crippen molar-refractivity contribution in [3.63, 3.8) is 0 Å². The van der Waals surface area contributed by atoms with Gasteiger partial charge in [-0.15, -0.1) is 0 Å². The first kappa shape index (κ1) is 52.1. The number of nitrogens with zero attached hydrogens (tertiary/aromatic N) is 4. The Morgan fingerprint density at radius 3 is 0.790 bits per heavy atom. The van der Waals surface area contributed by atoms with Crippen molar-refractivity contribution >= 4 is 47.5 Å². The van der Waals surface area contributed by atoms with Gasteiger partial charge in [-0.05, 0) is 56.8 Å². The molecule has 4 fully saturated rings. The molecule has 0 bridgehead atoms. The molecule has 0 spiro atoms. The third kappa shape index (κ3) is 16.8. The van der Waals surface area contributed by atoms with E-state index >= 15 is 0 Å². The SMILES string of the molecule is CC(C)CN1CC(C(=O)OCC(COC(=O)C2CC(=O)N(CC(C)C)C2)(COC(=O)C2CC(=O)N(CC(C)C)C2)COC(=O)C2CC(=O)N(CC(C)C)C2)CC1=O.[CH2]C([CH2])([CH2])[CH2]. The molecule has 4 amide bonds. The lowest BCUT2D eigenvalue weighted by Crippen LogP contribution is -2.46. The molecule has 4 unspecified atom stereocenters. The van der Waals surface area contributed by atoms with Crippen LogP contribution in [-0.2, 0) is 57.3 Å². The van der Waals surface area contributed by atoms with E-state index in [0.717, 1.165) is 0 Å². The van der Waals surface area contributed by atoms with Gasteiger partial charge < -0.3 is 38.5 Å². The summed E-state index contributed by atoms with van der Waals surface area (Å²) in [6.07, 6.45) is -0.201. The van der Waals surface area contributed by atoms with Gasteiger partial charge in [0.05, 0.1) is 23.7 Å². The fraction of sp³-hybridized carbons (Fsp3) is 0.739. The summed E-state index contributed by atoms with van der Waals surface area (Å²) in [7, 11) is 0. The second kappa shape index (κ2) is 22.9. The highest BCUT2D eigenvalue weighted by Gasteiger charge is 2.45. The van der Waals surface area contributed by atoms with Crippen LogP contribution in [-0.4, -0.2) is 146 Å². The molecule has 62 heavy (non-hydrogen) atoms. The highest BCUT2D eigenvalue weighted by atomic mass is 16.6. The van der Waals surface area contributed by atoms with E-state index in [1.807, 2.05) is 55.4 Å². The number of hydrogen-bond donors (Lipinski definition) is 0. The zero-order chi connectivity index (χ0) is 46.7. The van der Waals surface area contributed by atoms with Crippen LogP contribution >= 0.6 is 0 Å². The maximum absolute atomic E-state index is 13.5. The molecule has 4 rings (SSSR count). The van der Waals surface area contributed by atoms with Crippen molar-refractivity contribution in [2.75, 3.05) is 78.8 Å². The van der Waals surface area contributed by atoms with Gasteiger partial charge in [0.25, 0.3) is 0 Å². The molecule has 4 heterocycles. The molecule has 348 valence electrons. The molecule has 0 aromatic heterocycles. The topological polar surface area (TPSA) is 186 Å². The van der Waals surface area contributed by atoms with Crippen molar-refractivity contribution < 1.29 is 57.3 Å². The third-order valence-electron chi connectivity index (χ3n) is 10.6. The van der Waals surface area contributed by atoms with E-state index in [2.05, 4.69) is 27.7 Å². The molecule has 4 aliphatic heterocycles. The molecule has 0 N–H and O–H groups in total. The highest BCUT2D eigenvalue weighted by Crippen LogP contribution is 2.30. The monoisotopic (exact) mass is 873 g/mol. The number of ether oxygens (including phenoxy) is 4. The fourth-order valence-corrected chi connectivity index (χ4v) is 7.81. The van der Waals surface area contributed by atoms with E-state index in [0.29, 0.717) is 26.2 Å². The van der Waals surface area contributed by atoms with Crippen LogP contribution in [0.25, 0.3) is 0 Å². The number of carbonyl (C=O) groups is 8. The van der Waals surface area contributed by atoms with Crippen molar-refractivity contribution in [3.8, 4) is 0 Å². The fourth-order valence-electron chi connectivity index (χ4n) is 7.81. The van der Waals surface area contributed by atoms with E-state index in [1.54, 1.807) is 19.6 Å². The maximum atomic E-state index is 13.5. The van der Waals surface area contributed by atoms with Gasteiger partial charge in [-0.2, -0.15) is 0 Å². The Labute approximate surface area is 369 Å². The van der Waals surface area contributed by atoms with Crippen molar-refractivity contribution in [3.05, 3.63) is 27.7 Å². The average molecular weight is 873 g/mol. The van der Waals surface area contributed by atoms with Gasteiger partial charge in [0.15, 0.2) is 0 Å². The van der Waals surface area contributed by atoms with Crippen LogP contribution in [0.1, 0.15) is 81.1 Å². The van der Waals surface area contributed by atoms with E-state index in [4.69, 9.17) is 18.9 Å². The summed E-state index contributed by atoms with van der Waals surface area (Å²) in [4.78, 5) is 111. The summed E-state index contributed by atoms with van der Waals surface area (Å²) in [6.45, 7) is 29.9. The zero-order valence-corrected chi connectivity index (χ0v) is 38.4. The lowest BCUT2D eigenvalue weighted by Gasteiger charge is -2.33. The van der Waals surface area contributed by atoms with Gasteiger partial charge in [0, 0.05) is 78.0 Å². The normalized spacial score (nSPS) is 22.8. The van der Waals surface area contributed by atoms with Crippen LogP contribution in [0.15, 0.2) is 0 Å². The summed E-state index contributed by atoms with van der Waals surface area (Å²) in [5.74, 6) is -5.83. The smallest absolute Gasteiger partial charge is 0.311 e. The van der Waals surface area contributed by atoms with E-state index in [-0.39, 0.29) is 99.2 Å². The molecule has 0 aromatic carbocycles. The minimum Gasteiger partial charge on any atom is -0.464 e. The Bertz CT molecular complexity index is 1380. The Kier molecular flexibility index (Phi) is 19.3. The second-order valence-electron chi connectivity index (χ2n) is 19.8. The minimum absolute atomic E-state index is 0.0503. The predicted molar refractivity (Wildman–Crippen MR) is 228 cm³/mol. The zero-order valence-electron chi connectivity index (χ0n) is 38.4. The van der Waals surface area contributed by atoms with Crippen LogP contribution in [0.5, 0.6) is 0 Å². The summed E-state index contributed by atoms with van der Waals surface area (Å²) < 4.78 is 23.3. The summed E-state index contributed by atoms with van der Waals surface area (Å²) >= 11 is 0. The van der Waals surface area contributed by atoms with Crippen molar-refractivity contribution in [1.29, 1.82) is 0 Å². The molecular weight excluding hydrogens is 801 g/mol. The third-order valence-corrected chi connectivity index (χ3v) is 10.6. The number of carbonyl (C=O) groups excluding carboxylic acids is 8. The first-order chi connectivity index (χ1) is 28.7. The summed E-state index contributed by atoms with van der Waals surface area (Å²) in [5, 5.41) is 0. The molecule has 0 saturated carbocycles. The van der Waals surface area contributed by atoms with Crippen LogP contribution in [0.3, 0.4) is 0 Å². The van der Waals surface area contributed by atoms with E-state index < -0.39 is 84.8 Å². The molecule has 4 radical (unpaired) electrons. The predicted octanol–water partition coefficient (Wildman–Crippen LogP) is 3.47. The first-order valence-electron chi connectivity index (χ1n) is 21.9. The van der Waals surface area contributed by atoms with Gasteiger partial charge in [0.2, 0.25) is 23.6 Å². The van der Waals surface area contributed by atoms with E-state index in [1.165, 1.54) is 0 Å². The molecule has 4 aliphatic rings. The Morgan fingerprint density at radius 2 is 0.629 bits per heavy atom. The van der Waals surface area contributed by atoms with Crippen LogP contribution in [0, 0.1) is 85.9 Å². The van der Waals surface area contributed by atoms with Gasteiger partial charge in [-0.3, -0.25) is 38.4 Å². The van der Waals surface area contributed by atoms with Crippen LogP contribution in [0.2, 0.25) is 0 Å². The maximum Gasteiger partial charge on any atom is 0.311 e. The lowest BCUT2D eigenvalue weighted by atomic mass is 9.91. The average Bonchev–Trinajstić information content (AvgIpc) is 3.91. The standard InChI is InChI=1S/C41H64N4O12.C5H8/c1-25(2)13-42-17-29(9-33(42)46)37(50)54-21-41(22-55-38(51)30-10-34(47)43(18-30)14-26(3)4,23-56-39(52)31-11-35(48)44(19-31)15-27(5)6)24-57-40(53)32-12-36(49)45(20-32)16-28(7)8;1-5(2,3)4/h25-32H,9-24H2,1-8H3;1-4H2. The minimum atomic E-state index is -1.63.